The summed E-state index contributed by atoms with van der Waals surface area (Å²) < 4.78 is 13.6. The van der Waals surface area contributed by atoms with E-state index in [1.54, 1.807) is 30.5 Å². The molecular formula is C19H14Cl2FN3O2S. The number of anilines is 1. The minimum Gasteiger partial charge on any atom is -0.343 e. The summed E-state index contributed by atoms with van der Waals surface area (Å²) in [5, 5.41) is 6.54. The lowest BCUT2D eigenvalue weighted by Crippen LogP contribution is -2.33. The van der Waals surface area contributed by atoms with E-state index < -0.39 is 17.6 Å². The molecule has 1 heterocycles. The summed E-state index contributed by atoms with van der Waals surface area (Å²) in [6.07, 6.45) is 2.16. The number of nitrogens with zero attached hydrogens (tertiary/aromatic N) is 1. The van der Waals surface area contributed by atoms with E-state index in [0.717, 1.165) is 10.4 Å². The first-order chi connectivity index (χ1) is 13.4. The molecule has 0 saturated heterocycles. The van der Waals surface area contributed by atoms with Crippen LogP contribution in [0.3, 0.4) is 0 Å². The number of amides is 2. The highest BCUT2D eigenvalue weighted by molar-refractivity contribution is 7.15. The highest BCUT2D eigenvalue weighted by atomic mass is 35.5. The van der Waals surface area contributed by atoms with E-state index in [9.17, 15) is 14.0 Å². The quantitative estimate of drug-likeness (QED) is 0.594. The Bertz CT molecular complexity index is 1030. The SMILES string of the molecule is O=C(CNC(=O)c1ccccc1F)Nc1ncc(Cc2cc(Cl)ccc2Cl)s1. The second-order valence-corrected chi connectivity index (χ2v) is 7.71. The number of hydrogen-bond acceptors (Lipinski definition) is 4. The third kappa shape index (κ3) is 5.28. The Morgan fingerprint density at radius 3 is 2.71 bits per heavy atom. The van der Waals surface area contributed by atoms with E-state index in [1.807, 2.05) is 0 Å². The van der Waals surface area contributed by atoms with Gasteiger partial charge in [-0.2, -0.15) is 0 Å². The molecule has 9 heteroatoms. The van der Waals surface area contributed by atoms with Crippen molar-refractivity contribution in [3.05, 3.63) is 80.5 Å². The molecule has 0 fully saturated rings. The monoisotopic (exact) mass is 437 g/mol. The van der Waals surface area contributed by atoms with Crippen LogP contribution in [0, 0.1) is 5.82 Å². The second-order valence-electron chi connectivity index (χ2n) is 5.75. The van der Waals surface area contributed by atoms with Gasteiger partial charge in [0.2, 0.25) is 5.91 Å². The van der Waals surface area contributed by atoms with Crippen molar-refractivity contribution in [2.75, 3.05) is 11.9 Å². The minimum atomic E-state index is -0.663. The molecule has 0 aliphatic rings. The van der Waals surface area contributed by atoms with Gasteiger partial charge >= 0.3 is 0 Å². The summed E-state index contributed by atoms with van der Waals surface area (Å²) in [6, 6.07) is 10.8. The number of carbonyl (C=O) groups is 2. The van der Waals surface area contributed by atoms with Crippen molar-refractivity contribution in [1.29, 1.82) is 0 Å². The number of hydrogen-bond donors (Lipinski definition) is 2. The number of rotatable bonds is 6. The van der Waals surface area contributed by atoms with Gasteiger partial charge in [-0.25, -0.2) is 9.37 Å². The van der Waals surface area contributed by atoms with Gasteiger partial charge in [-0.3, -0.25) is 9.59 Å². The molecule has 144 valence electrons. The van der Waals surface area contributed by atoms with Crippen molar-refractivity contribution >= 4 is 51.5 Å². The third-order valence-electron chi connectivity index (χ3n) is 3.70. The molecule has 5 nitrogen and oxygen atoms in total. The molecular weight excluding hydrogens is 424 g/mol. The molecule has 0 atom stereocenters. The predicted octanol–water partition coefficient (Wildman–Crippen LogP) is 4.55. The predicted molar refractivity (Wildman–Crippen MR) is 109 cm³/mol. The molecule has 3 aromatic rings. The van der Waals surface area contributed by atoms with Crippen LogP contribution in [0.4, 0.5) is 9.52 Å². The second kappa shape index (κ2) is 9.14. The maximum Gasteiger partial charge on any atom is 0.254 e. The topological polar surface area (TPSA) is 71.1 Å². The highest BCUT2D eigenvalue weighted by Gasteiger charge is 2.13. The van der Waals surface area contributed by atoms with Gasteiger partial charge in [0.25, 0.3) is 5.91 Å². The Morgan fingerprint density at radius 1 is 1.14 bits per heavy atom. The van der Waals surface area contributed by atoms with Gasteiger partial charge in [0, 0.05) is 27.5 Å². The Hall–Kier alpha value is -2.48. The first-order valence-corrected chi connectivity index (χ1v) is 9.71. The summed E-state index contributed by atoms with van der Waals surface area (Å²) in [4.78, 5) is 29.0. The molecule has 1 aromatic heterocycles. The molecule has 0 spiro atoms. The standard InChI is InChI=1S/C19H14Cl2FN3O2S/c20-12-5-6-15(21)11(7-12)8-13-9-24-19(28-13)25-17(26)10-23-18(27)14-3-1-2-4-16(14)22/h1-7,9H,8,10H2,(H,23,27)(H,24,25,26). The van der Waals surface area contributed by atoms with Crippen LogP contribution in [0.25, 0.3) is 0 Å². The first-order valence-electron chi connectivity index (χ1n) is 8.13. The van der Waals surface area contributed by atoms with Crippen molar-refractivity contribution in [1.82, 2.24) is 10.3 Å². The average molecular weight is 438 g/mol. The lowest BCUT2D eigenvalue weighted by atomic mass is 10.1. The zero-order valence-corrected chi connectivity index (χ0v) is 16.7. The average Bonchev–Trinajstić information content (AvgIpc) is 3.10. The number of nitrogens with one attached hydrogen (secondary N) is 2. The molecule has 0 saturated carbocycles. The molecule has 0 aliphatic heterocycles. The van der Waals surface area contributed by atoms with E-state index in [2.05, 4.69) is 15.6 Å². The Balaban J connectivity index is 1.54. The largest absolute Gasteiger partial charge is 0.343 e. The van der Waals surface area contributed by atoms with Gasteiger partial charge in [-0.1, -0.05) is 35.3 Å². The minimum absolute atomic E-state index is 0.120. The van der Waals surface area contributed by atoms with Crippen LogP contribution in [0.15, 0.2) is 48.7 Å². The van der Waals surface area contributed by atoms with E-state index in [4.69, 9.17) is 23.2 Å². The van der Waals surface area contributed by atoms with Crippen LogP contribution < -0.4 is 10.6 Å². The lowest BCUT2D eigenvalue weighted by molar-refractivity contribution is -0.115. The molecule has 2 N–H and O–H groups in total. The van der Waals surface area contributed by atoms with Crippen LogP contribution in [0.1, 0.15) is 20.8 Å². The van der Waals surface area contributed by atoms with Crippen LogP contribution >= 0.6 is 34.5 Å². The zero-order chi connectivity index (χ0) is 20.1. The van der Waals surface area contributed by atoms with Gasteiger partial charge in [0.05, 0.1) is 12.1 Å². The van der Waals surface area contributed by atoms with Gasteiger partial charge in [0.1, 0.15) is 5.82 Å². The summed E-state index contributed by atoms with van der Waals surface area (Å²) in [7, 11) is 0. The van der Waals surface area contributed by atoms with E-state index in [-0.39, 0.29) is 12.1 Å². The van der Waals surface area contributed by atoms with Gasteiger partial charge in [-0.05, 0) is 35.9 Å². The third-order valence-corrected chi connectivity index (χ3v) is 5.22. The van der Waals surface area contributed by atoms with Crippen molar-refractivity contribution in [2.45, 2.75) is 6.42 Å². The van der Waals surface area contributed by atoms with Gasteiger partial charge in [-0.15, -0.1) is 11.3 Å². The van der Waals surface area contributed by atoms with Crippen LogP contribution in [0.2, 0.25) is 10.0 Å². The number of benzene rings is 2. The molecule has 0 unspecified atom stereocenters. The molecule has 0 radical (unpaired) electrons. The van der Waals surface area contributed by atoms with E-state index in [0.29, 0.717) is 21.6 Å². The zero-order valence-electron chi connectivity index (χ0n) is 14.3. The van der Waals surface area contributed by atoms with Crippen LogP contribution in [-0.4, -0.2) is 23.3 Å². The van der Waals surface area contributed by atoms with Gasteiger partial charge < -0.3 is 10.6 Å². The molecule has 3 rings (SSSR count). The van der Waals surface area contributed by atoms with Crippen molar-refractivity contribution in [2.24, 2.45) is 0 Å². The molecule has 0 aliphatic carbocycles. The number of carbonyl (C=O) groups excluding carboxylic acids is 2. The number of aromatic nitrogens is 1. The van der Waals surface area contributed by atoms with Gasteiger partial charge in [0.15, 0.2) is 5.13 Å². The maximum absolute atomic E-state index is 13.6. The van der Waals surface area contributed by atoms with Crippen molar-refractivity contribution in [3.8, 4) is 0 Å². The first kappa shape index (κ1) is 20.3. The molecule has 28 heavy (non-hydrogen) atoms. The highest BCUT2D eigenvalue weighted by Crippen LogP contribution is 2.26. The summed E-state index contributed by atoms with van der Waals surface area (Å²) in [6.45, 7) is -0.303. The Morgan fingerprint density at radius 2 is 1.93 bits per heavy atom. The van der Waals surface area contributed by atoms with E-state index in [1.165, 1.54) is 29.5 Å². The number of halogens is 3. The fourth-order valence-corrected chi connectivity index (χ4v) is 3.61. The Kier molecular flexibility index (Phi) is 6.61. The number of thiazole rings is 1. The van der Waals surface area contributed by atoms with Crippen molar-refractivity contribution in [3.63, 3.8) is 0 Å². The Labute approximate surface area is 174 Å². The maximum atomic E-state index is 13.6. The van der Waals surface area contributed by atoms with Crippen LogP contribution in [0.5, 0.6) is 0 Å². The van der Waals surface area contributed by atoms with Crippen molar-refractivity contribution < 1.29 is 14.0 Å². The summed E-state index contributed by atoms with van der Waals surface area (Å²) in [5.74, 6) is -1.78. The fraction of sp³-hybridized carbons (Fsp3) is 0.105. The normalized spacial score (nSPS) is 10.5. The smallest absolute Gasteiger partial charge is 0.254 e. The molecule has 2 aromatic carbocycles. The molecule has 2 amide bonds. The lowest BCUT2D eigenvalue weighted by Gasteiger charge is -2.06. The van der Waals surface area contributed by atoms with E-state index >= 15 is 0 Å². The van der Waals surface area contributed by atoms with Crippen LogP contribution in [-0.2, 0) is 11.2 Å². The summed E-state index contributed by atoms with van der Waals surface area (Å²) >= 11 is 13.4. The fourth-order valence-electron chi connectivity index (χ4n) is 2.38. The summed E-state index contributed by atoms with van der Waals surface area (Å²) in [5.41, 5.74) is 0.734. The molecule has 0 bridgehead atoms.